The predicted octanol–water partition coefficient (Wildman–Crippen LogP) is 4.83. The summed E-state index contributed by atoms with van der Waals surface area (Å²) in [5.41, 5.74) is 3.46. The minimum Gasteiger partial charge on any atom is -0.497 e. The van der Waals surface area contributed by atoms with Crippen LogP contribution in [0.4, 0.5) is 5.69 Å². The number of rotatable bonds is 5. The number of ether oxygens (including phenoxy) is 1. The highest BCUT2D eigenvalue weighted by molar-refractivity contribution is 9.10. The fourth-order valence-corrected chi connectivity index (χ4v) is 2.97. The Kier molecular flexibility index (Phi) is 5.32. The van der Waals surface area contributed by atoms with Gasteiger partial charge in [-0.3, -0.25) is 0 Å². The van der Waals surface area contributed by atoms with Gasteiger partial charge in [-0.15, -0.1) is 11.6 Å². The van der Waals surface area contributed by atoms with E-state index in [1.807, 2.05) is 12.1 Å². The monoisotopic (exact) mass is 353 g/mol. The predicted molar refractivity (Wildman–Crippen MR) is 88.8 cm³/mol. The van der Waals surface area contributed by atoms with E-state index in [1.54, 1.807) is 7.11 Å². The molecule has 0 saturated heterocycles. The van der Waals surface area contributed by atoms with Gasteiger partial charge in [-0.1, -0.05) is 18.2 Å². The zero-order chi connectivity index (χ0) is 14.5. The van der Waals surface area contributed by atoms with E-state index in [0.29, 0.717) is 5.88 Å². The van der Waals surface area contributed by atoms with Crippen molar-refractivity contribution >= 4 is 33.2 Å². The summed E-state index contributed by atoms with van der Waals surface area (Å²) in [7, 11) is 3.75. The molecule has 0 bridgehead atoms. The first kappa shape index (κ1) is 15.2. The molecule has 0 N–H and O–H groups in total. The average molecular weight is 355 g/mol. The van der Waals surface area contributed by atoms with Crippen LogP contribution in [0.25, 0.3) is 0 Å². The third-order valence-electron chi connectivity index (χ3n) is 3.13. The Morgan fingerprint density at radius 1 is 1.15 bits per heavy atom. The molecule has 0 fully saturated rings. The van der Waals surface area contributed by atoms with Gasteiger partial charge in [0.25, 0.3) is 0 Å². The second kappa shape index (κ2) is 7.00. The molecule has 2 rings (SSSR count). The van der Waals surface area contributed by atoms with E-state index in [9.17, 15) is 0 Å². The largest absolute Gasteiger partial charge is 0.497 e. The van der Waals surface area contributed by atoms with Crippen molar-refractivity contribution in [3.05, 3.63) is 58.1 Å². The van der Waals surface area contributed by atoms with Gasteiger partial charge < -0.3 is 9.64 Å². The summed E-state index contributed by atoms with van der Waals surface area (Å²) in [6.45, 7) is 0.815. The van der Waals surface area contributed by atoms with Crippen LogP contribution in [0.3, 0.4) is 0 Å². The molecule has 106 valence electrons. The molecule has 2 aromatic carbocycles. The number of hydrogen-bond acceptors (Lipinski definition) is 2. The summed E-state index contributed by atoms with van der Waals surface area (Å²) in [5, 5.41) is 0. The summed E-state index contributed by atoms with van der Waals surface area (Å²) in [6.07, 6.45) is 0. The minimum atomic E-state index is 0.526. The molecule has 0 amide bonds. The summed E-state index contributed by atoms with van der Waals surface area (Å²) in [5.74, 6) is 1.41. The van der Waals surface area contributed by atoms with E-state index in [1.165, 1.54) is 5.56 Å². The quantitative estimate of drug-likeness (QED) is 0.713. The zero-order valence-corrected chi connectivity index (χ0v) is 13.9. The highest BCUT2D eigenvalue weighted by Gasteiger charge is 2.07. The van der Waals surface area contributed by atoms with Gasteiger partial charge in [0.15, 0.2) is 0 Å². The first-order chi connectivity index (χ1) is 9.63. The van der Waals surface area contributed by atoms with Crippen LogP contribution in [0, 0.1) is 0 Å². The Balaban J connectivity index is 2.16. The fourth-order valence-electron chi connectivity index (χ4n) is 2.07. The number of hydrogen-bond donors (Lipinski definition) is 0. The molecule has 20 heavy (non-hydrogen) atoms. The summed E-state index contributed by atoms with van der Waals surface area (Å²) >= 11 is 9.45. The number of halogens is 2. The molecule has 0 heterocycles. The van der Waals surface area contributed by atoms with Gasteiger partial charge in [0.05, 0.1) is 12.8 Å². The second-order valence-electron chi connectivity index (χ2n) is 4.63. The molecule has 0 saturated carbocycles. The molecule has 0 aromatic heterocycles. The van der Waals surface area contributed by atoms with Gasteiger partial charge in [0, 0.05) is 23.9 Å². The van der Waals surface area contributed by atoms with Gasteiger partial charge >= 0.3 is 0 Å². The standard InChI is InChI=1S/C16H17BrClNO/c1-19(11-13-4-3-5-14(8-13)20-2)16-7-6-12(10-18)9-15(16)17/h3-9H,10-11H2,1-2H3. The van der Waals surface area contributed by atoms with Crippen molar-refractivity contribution in [3.8, 4) is 5.75 Å². The second-order valence-corrected chi connectivity index (χ2v) is 5.75. The molecule has 0 aliphatic rings. The number of methoxy groups -OCH3 is 1. The summed E-state index contributed by atoms with van der Waals surface area (Å²) < 4.78 is 6.31. The molecule has 2 nitrogen and oxygen atoms in total. The van der Waals surface area contributed by atoms with E-state index >= 15 is 0 Å². The molecule has 0 unspecified atom stereocenters. The highest BCUT2D eigenvalue weighted by Crippen LogP contribution is 2.28. The van der Waals surface area contributed by atoms with Crippen molar-refractivity contribution in [1.29, 1.82) is 0 Å². The number of benzene rings is 2. The maximum atomic E-state index is 5.85. The maximum Gasteiger partial charge on any atom is 0.119 e. The van der Waals surface area contributed by atoms with E-state index in [2.05, 4.69) is 58.2 Å². The Labute approximate surface area is 133 Å². The van der Waals surface area contributed by atoms with Gasteiger partial charge in [0.1, 0.15) is 5.75 Å². The van der Waals surface area contributed by atoms with Crippen molar-refractivity contribution in [2.45, 2.75) is 12.4 Å². The van der Waals surface area contributed by atoms with Crippen LogP contribution in [0.1, 0.15) is 11.1 Å². The van der Waals surface area contributed by atoms with Crippen molar-refractivity contribution in [2.24, 2.45) is 0 Å². The molecular formula is C16H17BrClNO. The van der Waals surface area contributed by atoms with Crippen LogP contribution >= 0.6 is 27.5 Å². The Morgan fingerprint density at radius 3 is 2.60 bits per heavy atom. The Hall–Kier alpha value is -1.19. The first-order valence-electron chi connectivity index (χ1n) is 6.32. The lowest BCUT2D eigenvalue weighted by Gasteiger charge is -2.21. The zero-order valence-electron chi connectivity index (χ0n) is 11.6. The SMILES string of the molecule is COc1cccc(CN(C)c2ccc(CCl)cc2Br)c1. The lowest BCUT2D eigenvalue weighted by molar-refractivity contribution is 0.414. The van der Waals surface area contributed by atoms with E-state index in [-0.39, 0.29) is 0 Å². The third kappa shape index (κ3) is 3.68. The molecule has 0 aliphatic carbocycles. The molecule has 4 heteroatoms. The highest BCUT2D eigenvalue weighted by atomic mass is 79.9. The Morgan fingerprint density at radius 2 is 1.95 bits per heavy atom. The lowest BCUT2D eigenvalue weighted by atomic mass is 10.1. The molecular weight excluding hydrogens is 338 g/mol. The number of alkyl halides is 1. The minimum absolute atomic E-state index is 0.526. The Bertz CT molecular complexity index is 588. The third-order valence-corrected chi connectivity index (χ3v) is 4.08. The first-order valence-corrected chi connectivity index (χ1v) is 7.65. The maximum absolute atomic E-state index is 5.85. The van der Waals surface area contributed by atoms with Gasteiger partial charge in [0.2, 0.25) is 0 Å². The van der Waals surface area contributed by atoms with Crippen LogP contribution in [0.2, 0.25) is 0 Å². The van der Waals surface area contributed by atoms with Crippen LogP contribution in [0.5, 0.6) is 5.75 Å². The van der Waals surface area contributed by atoms with E-state index < -0.39 is 0 Å². The van der Waals surface area contributed by atoms with Crippen LogP contribution < -0.4 is 9.64 Å². The normalized spacial score (nSPS) is 10.4. The van der Waals surface area contributed by atoms with Gasteiger partial charge in [-0.25, -0.2) is 0 Å². The van der Waals surface area contributed by atoms with E-state index in [4.69, 9.17) is 16.3 Å². The molecule has 2 aromatic rings. The molecule has 0 radical (unpaired) electrons. The fraction of sp³-hybridized carbons (Fsp3) is 0.250. The number of anilines is 1. The van der Waals surface area contributed by atoms with Crippen LogP contribution in [0.15, 0.2) is 46.9 Å². The average Bonchev–Trinajstić information content (AvgIpc) is 2.47. The van der Waals surface area contributed by atoms with Crippen LogP contribution in [-0.2, 0) is 12.4 Å². The van der Waals surface area contributed by atoms with Gasteiger partial charge in [-0.2, -0.15) is 0 Å². The van der Waals surface area contributed by atoms with Crippen molar-refractivity contribution in [3.63, 3.8) is 0 Å². The van der Waals surface area contributed by atoms with Crippen molar-refractivity contribution < 1.29 is 4.74 Å². The van der Waals surface area contributed by atoms with E-state index in [0.717, 1.165) is 28.0 Å². The summed E-state index contributed by atoms with van der Waals surface area (Å²) in [4.78, 5) is 2.19. The topological polar surface area (TPSA) is 12.5 Å². The van der Waals surface area contributed by atoms with Gasteiger partial charge in [-0.05, 0) is 51.3 Å². The van der Waals surface area contributed by atoms with Crippen molar-refractivity contribution in [1.82, 2.24) is 0 Å². The molecule has 0 atom stereocenters. The molecule has 0 spiro atoms. The summed E-state index contributed by atoms with van der Waals surface area (Å²) in [6, 6.07) is 14.3. The van der Waals surface area contributed by atoms with Crippen LogP contribution in [-0.4, -0.2) is 14.2 Å². The lowest BCUT2D eigenvalue weighted by Crippen LogP contribution is -2.16. The molecule has 0 aliphatic heterocycles. The number of nitrogens with zero attached hydrogens (tertiary/aromatic N) is 1. The smallest absolute Gasteiger partial charge is 0.119 e. The van der Waals surface area contributed by atoms with Crippen molar-refractivity contribution in [2.75, 3.05) is 19.1 Å².